The highest BCUT2D eigenvalue weighted by Gasteiger charge is 2.30. The Balaban J connectivity index is 1.20. The van der Waals surface area contributed by atoms with Gasteiger partial charge in [0.25, 0.3) is 5.91 Å². The highest BCUT2D eigenvalue weighted by atomic mass is 16.5. The normalized spacial score (nSPS) is 22.2. The SMILES string of the molecule is N#Cc1cc(C(=O)NC2CCCCC2OCc2ccccc2)n(CC(=O)NC2CCCCC2OCc2ccccc2)n1. The summed E-state index contributed by atoms with van der Waals surface area (Å²) in [5.74, 6) is -0.627. The Labute approximate surface area is 247 Å². The summed E-state index contributed by atoms with van der Waals surface area (Å²) in [7, 11) is 0. The van der Waals surface area contributed by atoms with Gasteiger partial charge in [0, 0.05) is 6.07 Å². The molecule has 2 N–H and O–H groups in total. The Morgan fingerprint density at radius 1 is 0.810 bits per heavy atom. The summed E-state index contributed by atoms with van der Waals surface area (Å²) in [6.45, 7) is 0.806. The van der Waals surface area contributed by atoms with Crippen LogP contribution in [0.1, 0.15) is 78.7 Å². The van der Waals surface area contributed by atoms with E-state index < -0.39 is 0 Å². The molecule has 9 nitrogen and oxygen atoms in total. The van der Waals surface area contributed by atoms with E-state index in [1.807, 2.05) is 66.7 Å². The van der Waals surface area contributed by atoms with Crippen LogP contribution in [0.3, 0.4) is 0 Å². The quantitative estimate of drug-likeness (QED) is 0.347. The molecule has 9 heteroatoms. The van der Waals surface area contributed by atoms with Crippen LogP contribution in [-0.4, -0.2) is 45.9 Å². The molecule has 0 bridgehead atoms. The Bertz CT molecular complexity index is 1350. The number of nitrogens with one attached hydrogen (secondary N) is 2. The molecule has 42 heavy (non-hydrogen) atoms. The lowest BCUT2D eigenvalue weighted by atomic mass is 9.92. The molecule has 2 aliphatic carbocycles. The van der Waals surface area contributed by atoms with Crippen molar-refractivity contribution in [1.82, 2.24) is 20.4 Å². The molecule has 2 aromatic carbocycles. The third-order valence-electron chi connectivity index (χ3n) is 8.10. The largest absolute Gasteiger partial charge is 0.371 e. The van der Waals surface area contributed by atoms with Gasteiger partial charge in [0.05, 0.1) is 37.5 Å². The van der Waals surface area contributed by atoms with Crippen LogP contribution in [0.5, 0.6) is 0 Å². The molecular formula is C33H39N5O4. The number of ether oxygens (including phenoxy) is 2. The minimum absolute atomic E-state index is 0.0860. The standard InChI is InChI=1S/C33H39N5O4/c34-20-26-19-29(33(40)36-28-16-8-10-18-31(28)42-23-25-13-5-2-6-14-25)38(37-26)21-32(39)35-27-15-7-9-17-30(27)41-22-24-11-3-1-4-12-24/h1-6,11-14,19,27-28,30-31H,7-10,15-18,21-23H2,(H,35,39)(H,36,40). The van der Waals surface area contributed by atoms with Crippen molar-refractivity contribution in [2.75, 3.05) is 0 Å². The highest BCUT2D eigenvalue weighted by molar-refractivity contribution is 5.93. The number of aromatic nitrogens is 2. The molecule has 0 saturated heterocycles. The average Bonchev–Trinajstić information content (AvgIpc) is 3.44. The molecule has 0 aliphatic heterocycles. The van der Waals surface area contributed by atoms with E-state index in [0.717, 1.165) is 62.5 Å². The average molecular weight is 570 g/mol. The fraction of sp³-hybridized carbons (Fsp3) is 0.455. The zero-order valence-electron chi connectivity index (χ0n) is 23.9. The van der Waals surface area contributed by atoms with E-state index in [0.29, 0.717) is 13.2 Å². The lowest BCUT2D eigenvalue weighted by Gasteiger charge is -2.32. The number of hydrogen-bond acceptors (Lipinski definition) is 6. The van der Waals surface area contributed by atoms with Gasteiger partial charge < -0.3 is 20.1 Å². The van der Waals surface area contributed by atoms with Gasteiger partial charge in [-0.3, -0.25) is 9.59 Å². The maximum atomic E-state index is 13.4. The number of amides is 2. The van der Waals surface area contributed by atoms with Crippen LogP contribution >= 0.6 is 0 Å². The Morgan fingerprint density at radius 2 is 1.33 bits per heavy atom. The highest BCUT2D eigenvalue weighted by Crippen LogP contribution is 2.24. The van der Waals surface area contributed by atoms with Gasteiger partial charge in [0.15, 0.2) is 5.69 Å². The molecule has 2 fully saturated rings. The van der Waals surface area contributed by atoms with Gasteiger partial charge in [-0.15, -0.1) is 0 Å². The molecular weight excluding hydrogens is 530 g/mol. The predicted molar refractivity (Wildman–Crippen MR) is 157 cm³/mol. The maximum Gasteiger partial charge on any atom is 0.269 e. The van der Waals surface area contributed by atoms with E-state index in [1.165, 1.54) is 10.7 Å². The molecule has 0 radical (unpaired) electrons. The van der Waals surface area contributed by atoms with Crippen molar-refractivity contribution in [3.63, 3.8) is 0 Å². The van der Waals surface area contributed by atoms with Gasteiger partial charge in [0.2, 0.25) is 5.91 Å². The summed E-state index contributed by atoms with van der Waals surface area (Å²) >= 11 is 0. The fourth-order valence-corrected chi connectivity index (χ4v) is 5.88. The number of carbonyl (C=O) groups excluding carboxylic acids is 2. The zero-order chi connectivity index (χ0) is 29.1. The third-order valence-corrected chi connectivity index (χ3v) is 8.10. The van der Waals surface area contributed by atoms with Crippen molar-refractivity contribution >= 4 is 11.8 Å². The fourth-order valence-electron chi connectivity index (χ4n) is 5.88. The van der Waals surface area contributed by atoms with Gasteiger partial charge >= 0.3 is 0 Å². The van der Waals surface area contributed by atoms with Crippen molar-refractivity contribution in [3.05, 3.63) is 89.2 Å². The topological polar surface area (TPSA) is 118 Å². The Hall–Kier alpha value is -4.00. The minimum atomic E-state index is -0.362. The van der Waals surface area contributed by atoms with E-state index in [4.69, 9.17) is 9.47 Å². The van der Waals surface area contributed by atoms with Crippen LogP contribution in [0.25, 0.3) is 0 Å². The molecule has 3 aromatic rings. The molecule has 5 rings (SSSR count). The van der Waals surface area contributed by atoms with Crippen molar-refractivity contribution in [3.8, 4) is 6.07 Å². The second-order valence-corrected chi connectivity index (χ2v) is 11.2. The van der Waals surface area contributed by atoms with E-state index in [1.54, 1.807) is 0 Å². The summed E-state index contributed by atoms with van der Waals surface area (Å²) in [5.41, 5.74) is 2.46. The third kappa shape index (κ3) is 8.05. The monoisotopic (exact) mass is 569 g/mol. The molecule has 2 saturated carbocycles. The molecule has 2 amide bonds. The number of carbonyl (C=O) groups is 2. The van der Waals surface area contributed by atoms with Crippen molar-refractivity contribution in [2.24, 2.45) is 0 Å². The lowest BCUT2D eigenvalue weighted by molar-refractivity contribution is -0.124. The van der Waals surface area contributed by atoms with Gasteiger partial charge in [-0.1, -0.05) is 86.3 Å². The Kier molecular flexibility index (Phi) is 10.4. The van der Waals surface area contributed by atoms with Crippen molar-refractivity contribution in [2.45, 2.75) is 95.4 Å². The van der Waals surface area contributed by atoms with E-state index in [2.05, 4.69) is 15.7 Å². The summed E-state index contributed by atoms with van der Waals surface area (Å²) in [6, 6.07) is 23.1. The first-order chi connectivity index (χ1) is 20.6. The summed E-state index contributed by atoms with van der Waals surface area (Å²) in [5, 5.41) is 19.9. The first-order valence-corrected chi connectivity index (χ1v) is 15.0. The molecule has 2 aliphatic rings. The van der Waals surface area contributed by atoms with Crippen LogP contribution in [0.15, 0.2) is 66.7 Å². The van der Waals surface area contributed by atoms with Gasteiger partial charge in [-0.25, -0.2) is 4.68 Å². The Morgan fingerprint density at radius 3 is 1.88 bits per heavy atom. The van der Waals surface area contributed by atoms with Crippen LogP contribution in [0.4, 0.5) is 0 Å². The first kappa shape index (κ1) is 29.5. The molecule has 1 heterocycles. The maximum absolute atomic E-state index is 13.4. The number of benzene rings is 2. The van der Waals surface area contributed by atoms with E-state index in [-0.39, 0.29) is 54.0 Å². The molecule has 220 valence electrons. The van der Waals surface area contributed by atoms with Crippen LogP contribution in [0.2, 0.25) is 0 Å². The van der Waals surface area contributed by atoms with Crippen molar-refractivity contribution in [1.29, 1.82) is 5.26 Å². The summed E-state index contributed by atoms with van der Waals surface area (Å²) in [6.07, 6.45) is 7.27. The number of nitriles is 1. The first-order valence-electron chi connectivity index (χ1n) is 15.0. The van der Waals surface area contributed by atoms with Crippen LogP contribution in [-0.2, 0) is 34.0 Å². The van der Waals surface area contributed by atoms with Crippen LogP contribution < -0.4 is 10.6 Å². The van der Waals surface area contributed by atoms with Gasteiger partial charge in [-0.05, 0) is 36.8 Å². The van der Waals surface area contributed by atoms with Gasteiger partial charge in [0.1, 0.15) is 18.3 Å². The summed E-state index contributed by atoms with van der Waals surface area (Å²) in [4.78, 5) is 26.6. The molecule has 1 aromatic heterocycles. The number of hydrogen-bond donors (Lipinski definition) is 2. The molecule has 4 unspecified atom stereocenters. The minimum Gasteiger partial charge on any atom is -0.371 e. The summed E-state index contributed by atoms with van der Waals surface area (Å²) < 4.78 is 13.7. The van der Waals surface area contributed by atoms with E-state index in [9.17, 15) is 14.9 Å². The lowest BCUT2D eigenvalue weighted by Crippen LogP contribution is -2.48. The zero-order valence-corrected chi connectivity index (χ0v) is 23.9. The smallest absolute Gasteiger partial charge is 0.269 e. The number of nitrogens with zero attached hydrogens (tertiary/aromatic N) is 3. The predicted octanol–water partition coefficient (Wildman–Crippen LogP) is 4.66. The van der Waals surface area contributed by atoms with E-state index >= 15 is 0 Å². The number of rotatable bonds is 11. The second-order valence-electron chi connectivity index (χ2n) is 11.2. The second kappa shape index (κ2) is 14.8. The van der Waals surface area contributed by atoms with Gasteiger partial charge in [-0.2, -0.15) is 10.4 Å². The molecule has 4 atom stereocenters. The van der Waals surface area contributed by atoms with Crippen molar-refractivity contribution < 1.29 is 19.1 Å². The molecule has 0 spiro atoms. The van der Waals surface area contributed by atoms with Crippen LogP contribution in [0, 0.1) is 11.3 Å².